The fourth-order valence-corrected chi connectivity index (χ4v) is 0. The third kappa shape index (κ3) is 593000000. The molecule has 0 saturated heterocycles. The Kier molecular flexibility index (Phi) is 3000000000. The summed E-state index contributed by atoms with van der Waals surface area (Å²) in [5, 5.41) is 0. The Balaban J connectivity index is -0.00000000694. The fourth-order valence-electron chi connectivity index (χ4n) is 0. The normalized spacial score (nSPS) is 1.27. The average molecular weight is 262 g/mol. The molecule has 0 radical (unpaired) electrons. The Bertz CT molecular complexity index is 61.5. The molecule has 0 aliphatic rings. The van der Waals surface area contributed by atoms with Crippen molar-refractivity contribution >= 4 is 16.0 Å². The third-order valence-corrected chi connectivity index (χ3v) is 0. The summed E-state index contributed by atoms with van der Waals surface area (Å²) < 4.78 is 30.0. The van der Waals surface area contributed by atoms with Crippen molar-refractivity contribution < 1.29 is 35.7 Å². The Morgan fingerprint density at radius 2 is 0.636 bits per heavy atom. The molecule has 0 amide bonds. The summed E-state index contributed by atoms with van der Waals surface area (Å²) in [6.07, 6.45) is 0. The Morgan fingerprint density at radius 1 is 0.636 bits per heavy atom. The number of hydrogen-bond acceptors (Lipinski definition) is 0. The summed E-state index contributed by atoms with van der Waals surface area (Å²) in [5.41, 5.74) is 0. The van der Waals surface area contributed by atoms with Crippen molar-refractivity contribution in [2.75, 3.05) is 0 Å². The maximum Gasteiger partial charge on any atom is 0 e. The van der Waals surface area contributed by atoms with Gasteiger partial charge in [-0.1, -0.05) is 0 Å². The molecular weight excluding hydrogens is 259 g/mol. The smallest absolute Gasteiger partial charge is 0 e. The largest absolute Gasteiger partial charge is 0 e. The molecule has 0 aromatic heterocycles. The van der Waals surface area contributed by atoms with Crippen LogP contribution < -0.4 is 0 Å². The molecule has 11 heavy (non-hydrogen) atoms. The van der Waals surface area contributed by atoms with Crippen molar-refractivity contribution in [3.63, 3.8) is 0 Å². The van der Waals surface area contributed by atoms with Crippen LogP contribution in [-0.2, 0) is 35.7 Å². The second-order valence-corrected chi connectivity index (χ2v) is 0. The van der Waals surface area contributed by atoms with Gasteiger partial charge in [0.25, 0.3) is 0 Å². The van der Waals surface area contributed by atoms with E-state index in [1.807, 2.05) is 5.82 Å². The van der Waals surface area contributed by atoms with Gasteiger partial charge in [0, 0.05) is 17.1 Å². The molecule has 0 saturated carbocycles. The SMILES string of the molecule is C[Se-].[C-]#[O+].[C-]#[O+].[C-]#[O+].[C-]#[O+].[Fe]. The van der Waals surface area contributed by atoms with Gasteiger partial charge < -0.3 is 0 Å². The molecule has 0 aromatic rings. The van der Waals surface area contributed by atoms with Gasteiger partial charge in [0.2, 0.25) is 0 Å². The van der Waals surface area contributed by atoms with Gasteiger partial charge >= 0.3 is 67.0 Å². The molecule has 0 aliphatic heterocycles. The molecule has 0 aliphatic carbocycles. The molecule has 4 nitrogen and oxygen atoms in total. The van der Waals surface area contributed by atoms with E-state index in [1.54, 1.807) is 0 Å². The zero-order valence-electron chi connectivity index (χ0n) is 5.39. The molecule has 0 rings (SSSR count). The molecule has 0 fully saturated rings. The molecule has 0 bridgehead atoms. The van der Waals surface area contributed by atoms with Crippen LogP contribution in [0.2, 0.25) is 5.82 Å². The van der Waals surface area contributed by atoms with E-state index >= 15 is 0 Å². The molecule has 6 heteroatoms. The summed E-state index contributed by atoms with van der Waals surface area (Å²) in [7, 11) is 0. The van der Waals surface area contributed by atoms with Gasteiger partial charge in [0.1, 0.15) is 0 Å². The molecule has 0 N–H and O–H groups in total. The summed E-state index contributed by atoms with van der Waals surface area (Å²) in [6.45, 7) is 18.0. The third-order valence-electron chi connectivity index (χ3n) is 0. The molecule has 62 valence electrons. The van der Waals surface area contributed by atoms with Gasteiger partial charge in [-0.2, -0.15) is 0 Å². The van der Waals surface area contributed by atoms with Crippen LogP contribution in [0.25, 0.3) is 0 Å². The first-order valence-electron chi connectivity index (χ1n) is 1.22. The molecule has 0 aromatic carbocycles. The molecule has 0 heterocycles. The zero-order chi connectivity index (χ0) is 10.0. The van der Waals surface area contributed by atoms with Crippen LogP contribution in [0.3, 0.4) is 0 Å². The van der Waals surface area contributed by atoms with Crippen LogP contribution in [0.1, 0.15) is 0 Å². The second-order valence-electron chi connectivity index (χ2n) is 0. The van der Waals surface area contributed by atoms with E-state index < -0.39 is 0 Å². The van der Waals surface area contributed by atoms with E-state index in [0.29, 0.717) is 0 Å². The minimum atomic E-state index is 0. The van der Waals surface area contributed by atoms with Crippen molar-refractivity contribution in [2.24, 2.45) is 0 Å². The maximum atomic E-state index is 7.50. The predicted octanol–water partition coefficient (Wildman–Crippen LogP) is 0.0505. The van der Waals surface area contributed by atoms with Gasteiger partial charge in [-0.25, -0.2) is 0 Å². The standard InChI is InChI=1S/4CO.CH4Se.Fe/c5*1-2;/h;;;;2H,1H3;/p-1. The zero-order valence-corrected chi connectivity index (χ0v) is 8.21. The van der Waals surface area contributed by atoms with Crippen LogP contribution in [-0.4, -0.2) is 16.0 Å². The minimum Gasteiger partial charge on any atom is 0 e. The minimum absolute atomic E-state index is 0. The van der Waals surface area contributed by atoms with Crippen molar-refractivity contribution in [3.8, 4) is 0 Å². The fraction of sp³-hybridized carbons (Fsp3) is 0.200. The molecule has 0 spiro atoms. The topological polar surface area (TPSA) is 79.6 Å². The molecular formula is C5H3FeO4Se-. The van der Waals surface area contributed by atoms with Crippen LogP contribution >= 0.6 is 0 Å². The first-order valence-corrected chi connectivity index (χ1v) is 2.94. The first kappa shape index (κ1) is 44.0. The van der Waals surface area contributed by atoms with Crippen molar-refractivity contribution in [3.05, 3.63) is 26.6 Å². The average Bonchev–Trinajstić information content (AvgIpc) is 2.20. The van der Waals surface area contributed by atoms with Crippen LogP contribution in [0.5, 0.6) is 0 Å². The Morgan fingerprint density at radius 3 is 0.636 bits per heavy atom. The summed E-state index contributed by atoms with van der Waals surface area (Å²) >= 11 is 2.62. The summed E-state index contributed by atoms with van der Waals surface area (Å²) in [6, 6.07) is 0. The van der Waals surface area contributed by atoms with E-state index in [1.165, 1.54) is 0 Å². The molecule has 0 atom stereocenters. The Labute approximate surface area is 84.3 Å². The van der Waals surface area contributed by atoms with E-state index in [2.05, 4.69) is 42.6 Å². The summed E-state index contributed by atoms with van der Waals surface area (Å²) in [5.74, 6) is 1.88. The van der Waals surface area contributed by atoms with Crippen molar-refractivity contribution in [1.82, 2.24) is 0 Å². The first-order chi connectivity index (χ1) is 5.00. The number of hydrogen-bond donors (Lipinski definition) is 0. The number of rotatable bonds is 0. The Hall–Kier alpha value is -0.00104. The van der Waals surface area contributed by atoms with Crippen LogP contribution in [0, 0.1) is 26.6 Å². The predicted molar refractivity (Wildman–Crippen MR) is 27.3 cm³/mol. The quantitative estimate of drug-likeness (QED) is 0.336. The maximum absolute atomic E-state index is 7.50. The van der Waals surface area contributed by atoms with Gasteiger partial charge in [0.05, 0.1) is 0 Å². The molecule has 0 unspecified atom stereocenters. The van der Waals surface area contributed by atoms with E-state index in [-0.39, 0.29) is 17.1 Å². The van der Waals surface area contributed by atoms with Gasteiger partial charge in [-0.05, 0) is 0 Å². The van der Waals surface area contributed by atoms with Crippen LogP contribution in [0.4, 0.5) is 0 Å². The monoisotopic (exact) mass is 263 g/mol. The van der Waals surface area contributed by atoms with Gasteiger partial charge in [0.15, 0.2) is 0 Å². The van der Waals surface area contributed by atoms with E-state index in [4.69, 9.17) is 18.6 Å². The second kappa shape index (κ2) is 750000000. The van der Waals surface area contributed by atoms with E-state index in [0.717, 1.165) is 0 Å². The summed E-state index contributed by atoms with van der Waals surface area (Å²) in [4.78, 5) is 0. The van der Waals surface area contributed by atoms with Crippen molar-refractivity contribution in [1.29, 1.82) is 0 Å². The van der Waals surface area contributed by atoms with Gasteiger partial charge in [-0.15, -0.1) is 0 Å². The van der Waals surface area contributed by atoms with Crippen molar-refractivity contribution in [2.45, 2.75) is 5.82 Å². The van der Waals surface area contributed by atoms with E-state index in [9.17, 15) is 0 Å². The van der Waals surface area contributed by atoms with Gasteiger partial charge in [-0.3, -0.25) is 0 Å². The van der Waals surface area contributed by atoms with Crippen LogP contribution in [0.15, 0.2) is 0 Å².